The molecule has 3 aliphatic rings. The Hall–Kier alpha value is -3.18. The normalized spacial score (nSPS) is 20.3. The zero-order valence-corrected chi connectivity index (χ0v) is 21.8. The van der Waals surface area contributed by atoms with Crippen LogP contribution in [0, 0.1) is 11.3 Å². The van der Waals surface area contributed by atoms with Crippen molar-refractivity contribution in [3.63, 3.8) is 0 Å². The molecule has 2 heterocycles. The topological polar surface area (TPSA) is 94.4 Å². The first-order chi connectivity index (χ1) is 18.1. The Morgan fingerprint density at radius 1 is 1.05 bits per heavy atom. The molecule has 7 nitrogen and oxygen atoms in total. The van der Waals surface area contributed by atoms with Crippen LogP contribution in [0.2, 0.25) is 0 Å². The van der Waals surface area contributed by atoms with Crippen LogP contribution in [0.3, 0.4) is 0 Å². The van der Waals surface area contributed by atoms with Gasteiger partial charge in [0, 0.05) is 11.7 Å². The average molecular weight is 517 g/mol. The minimum absolute atomic E-state index is 0.00117. The molecular weight excluding hydrogens is 484 g/mol. The van der Waals surface area contributed by atoms with E-state index in [1.54, 1.807) is 29.2 Å². The number of carbonyl (C=O) groups is 3. The van der Waals surface area contributed by atoms with Gasteiger partial charge in [-0.25, -0.2) is 9.88 Å². The van der Waals surface area contributed by atoms with E-state index in [1.165, 1.54) is 16.7 Å². The van der Waals surface area contributed by atoms with Crippen molar-refractivity contribution in [2.45, 2.75) is 87.7 Å². The summed E-state index contributed by atoms with van der Waals surface area (Å²) in [6.45, 7) is 0. The second-order valence-corrected chi connectivity index (χ2v) is 11.1. The quantitative estimate of drug-likeness (QED) is 0.311. The number of aromatic nitrogens is 1. The van der Waals surface area contributed by atoms with Gasteiger partial charge in [-0.05, 0) is 62.3 Å². The van der Waals surface area contributed by atoms with Gasteiger partial charge in [-0.1, -0.05) is 55.6 Å². The van der Waals surface area contributed by atoms with Crippen molar-refractivity contribution in [1.82, 2.24) is 9.88 Å². The van der Waals surface area contributed by atoms with Gasteiger partial charge in [0.25, 0.3) is 5.91 Å². The molecule has 2 fully saturated rings. The lowest BCUT2D eigenvalue weighted by atomic mass is 9.92. The Bertz CT molecular complexity index is 1220. The molecule has 2 aliphatic carbocycles. The lowest BCUT2D eigenvalue weighted by Crippen LogP contribution is -2.52. The Kier molecular flexibility index (Phi) is 7.90. The van der Waals surface area contributed by atoms with Gasteiger partial charge in [0.2, 0.25) is 11.8 Å². The molecule has 0 spiro atoms. The molecule has 192 valence electrons. The third-order valence-electron chi connectivity index (χ3n) is 7.70. The van der Waals surface area contributed by atoms with Crippen molar-refractivity contribution in [3.05, 3.63) is 53.2 Å². The number of rotatable bonds is 6. The number of amides is 3. The van der Waals surface area contributed by atoms with E-state index in [0.29, 0.717) is 16.3 Å². The van der Waals surface area contributed by atoms with Crippen molar-refractivity contribution in [2.24, 2.45) is 0 Å². The predicted octanol–water partition coefficient (Wildman–Crippen LogP) is 4.81. The molecular formula is C29H32N4O3S. The van der Waals surface area contributed by atoms with Gasteiger partial charge in [0.1, 0.15) is 17.1 Å². The third kappa shape index (κ3) is 5.42. The second kappa shape index (κ2) is 11.5. The molecule has 8 heteroatoms. The van der Waals surface area contributed by atoms with Gasteiger partial charge < -0.3 is 4.90 Å². The first-order valence-corrected chi connectivity index (χ1v) is 14.3. The molecule has 1 atom stereocenters. The summed E-state index contributed by atoms with van der Waals surface area (Å²) in [6, 6.07) is 12.3. The summed E-state index contributed by atoms with van der Waals surface area (Å²) in [5.74, 6) is -0.693. The summed E-state index contributed by atoms with van der Waals surface area (Å²) in [7, 11) is 0. The van der Waals surface area contributed by atoms with E-state index in [0.717, 1.165) is 75.5 Å². The summed E-state index contributed by atoms with van der Waals surface area (Å²) in [6.07, 6.45) is 9.97. The van der Waals surface area contributed by atoms with Crippen molar-refractivity contribution in [3.8, 4) is 6.07 Å². The van der Waals surface area contributed by atoms with Crippen LogP contribution < -0.4 is 4.90 Å². The standard InChI is InChI=1S/C29H32N4O3S/c30-18-21-16-20-10-4-1-9-15-24(20)31-28(21)37-19-27(35)32(22-11-5-2-6-12-22)25-17-26(34)33(29(25)36)23-13-7-3-8-14-23/h3,7-8,13-14,16,22,25H,1-2,4-6,9-12,15,17,19H2. The maximum absolute atomic E-state index is 13.8. The molecule has 1 aliphatic heterocycles. The Balaban J connectivity index is 1.38. The molecule has 2 aromatic rings. The van der Waals surface area contributed by atoms with E-state index in [1.807, 2.05) is 12.1 Å². The van der Waals surface area contributed by atoms with Gasteiger partial charge in [-0.2, -0.15) is 5.26 Å². The summed E-state index contributed by atoms with van der Waals surface area (Å²) in [5.41, 5.74) is 3.22. The monoisotopic (exact) mass is 516 g/mol. The number of thioether (sulfide) groups is 1. The highest BCUT2D eigenvalue weighted by molar-refractivity contribution is 8.00. The highest BCUT2D eigenvalue weighted by Gasteiger charge is 2.46. The third-order valence-corrected chi connectivity index (χ3v) is 8.67. The molecule has 1 saturated carbocycles. The fourth-order valence-corrected chi connectivity index (χ4v) is 6.70. The number of benzene rings is 1. The predicted molar refractivity (Wildman–Crippen MR) is 142 cm³/mol. The van der Waals surface area contributed by atoms with Crippen LogP contribution in [0.25, 0.3) is 0 Å². The largest absolute Gasteiger partial charge is 0.326 e. The molecule has 1 unspecified atom stereocenters. The molecule has 37 heavy (non-hydrogen) atoms. The Morgan fingerprint density at radius 2 is 1.78 bits per heavy atom. The van der Waals surface area contributed by atoms with Crippen LogP contribution in [0.15, 0.2) is 41.4 Å². The minimum atomic E-state index is -0.792. The van der Waals surface area contributed by atoms with Crippen LogP contribution in [0.5, 0.6) is 0 Å². The molecule has 0 N–H and O–H groups in total. The molecule has 0 bridgehead atoms. The number of anilines is 1. The summed E-state index contributed by atoms with van der Waals surface area (Å²) < 4.78 is 0. The van der Waals surface area contributed by atoms with Crippen LogP contribution >= 0.6 is 11.8 Å². The van der Waals surface area contributed by atoms with E-state index in [-0.39, 0.29) is 35.9 Å². The fraction of sp³-hybridized carbons (Fsp3) is 0.483. The Labute approximate surface area is 222 Å². The van der Waals surface area contributed by atoms with E-state index in [2.05, 4.69) is 6.07 Å². The minimum Gasteiger partial charge on any atom is -0.326 e. The van der Waals surface area contributed by atoms with Crippen molar-refractivity contribution >= 4 is 35.2 Å². The number of imide groups is 1. The first kappa shape index (κ1) is 25.5. The van der Waals surface area contributed by atoms with Crippen LogP contribution in [-0.2, 0) is 27.2 Å². The first-order valence-electron chi connectivity index (χ1n) is 13.4. The number of aryl methyl sites for hydroxylation is 2. The van der Waals surface area contributed by atoms with Gasteiger partial charge in [-0.15, -0.1) is 0 Å². The maximum atomic E-state index is 13.8. The summed E-state index contributed by atoms with van der Waals surface area (Å²) in [4.78, 5) is 48.0. The lowest BCUT2D eigenvalue weighted by Gasteiger charge is -2.37. The molecule has 1 saturated heterocycles. The number of nitrogens with zero attached hydrogens (tertiary/aromatic N) is 4. The fourth-order valence-electron chi connectivity index (χ4n) is 5.86. The summed E-state index contributed by atoms with van der Waals surface area (Å²) in [5, 5.41) is 10.3. The van der Waals surface area contributed by atoms with Gasteiger partial charge in [0.05, 0.1) is 23.4 Å². The molecule has 3 amide bonds. The number of pyridine rings is 1. The van der Waals surface area contributed by atoms with Gasteiger partial charge >= 0.3 is 0 Å². The number of para-hydroxylation sites is 1. The molecule has 1 aromatic carbocycles. The number of nitriles is 1. The van der Waals surface area contributed by atoms with E-state index >= 15 is 0 Å². The summed E-state index contributed by atoms with van der Waals surface area (Å²) >= 11 is 1.28. The van der Waals surface area contributed by atoms with E-state index < -0.39 is 6.04 Å². The molecule has 1 aromatic heterocycles. The zero-order chi connectivity index (χ0) is 25.8. The highest BCUT2D eigenvalue weighted by atomic mass is 32.2. The SMILES string of the molecule is N#Cc1cc2c(nc1SCC(=O)N(C1CCCCC1)C1CC(=O)N(c3ccccc3)C1=O)CCCCC2. The van der Waals surface area contributed by atoms with Crippen molar-refractivity contribution in [1.29, 1.82) is 5.26 Å². The molecule has 0 radical (unpaired) electrons. The smallest absolute Gasteiger partial charge is 0.257 e. The zero-order valence-electron chi connectivity index (χ0n) is 21.0. The van der Waals surface area contributed by atoms with E-state index in [4.69, 9.17) is 4.98 Å². The van der Waals surface area contributed by atoms with Crippen LogP contribution in [0.1, 0.15) is 74.6 Å². The number of hydrogen-bond acceptors (Lipinski definition) is 6. The second-order valence-electron chi connectivity index (χ2n) is 10.1. The highest BCUT2D eigenvalue weighted by Crippen LogP contribution is 2.33. The molecule has 5 rings (SSSR count). The van der Waals surface area contributed by atoms with Crippen molar-refractivity contribution in [2.75, 3.05) is 10.7 Å². The number of fused-ring (bicyclic) bond motifs is 1. The van der Waals surface area contributed by atoms with Gasteiger partial charge in [0.15, 0.2) is 0 Å². The lowest BCUT2D eigenvalue weighted by molar-refractivity contribution is -0.139. The van der Waals surface area contributed by atoms with Crippen LogP contribution in [-0.4, -0.2) is 45.4 Å². The number of carbonyl (C=O) groups excluding carboxylic acids is 3. The van der Waals surface area contributed by atoms with Crippen LogP contribution in [0.4, 0.5) is 5.69 Å². The van der Waals surface area contributed by atoms with Gasteiger partial charge in [-0.3, -0.25) is 14.4 Å². The number of hydrogen-bond donors (Lipinski definition) is 0. The van der Waals surface area contributed by atoms with E-state index in [9.17, 15) is 19.6 Å². The average Bonchev–Trinajstić information content (AvgIpc) is 3.07. The van der Waals surface area contributed by atoms with Crippen molar-refractivity contribution < 1.29 is 14.4 Å². The maximum Gasteiger partial charge on any atom is 0.257 e. The Morgan fingerprint density at radius 3 is 2.54 bits per heavy atom.